The molecule has 0 bridgehead atoms. The minimum Gasteiger partial charge on any atom is -0.462 e. The van der Waals surface area contributed by atoms with Crippen LogP contribution < -0.4 is 9.62 Å². The van der Waals surface area contributed by atoms with Crippen LogP contribution in [-0.4, -0.2) is 45.0 Å². The molecule has 1 N–H and O–H groups in total. The summed E-state index contributed by atoms with van der Waals surface area (Å²) in [5, 5.41) is 9.42. The minimum atomic E-state index is -4.20. The Morgan fingerprint density at radius 1 is 1.31 bits per heavy atom. The fourth-order valence-corrected chi connectivity index (χ4v) is 4.66. The van der Waals surface area contributed by atoms with Crippen LogP contribution in [0.1, 0.15) is 46.1 Å². The van der Waals surface area contributed by atoms with Crippen molar-refractivity contribution in [2.45, 2.75) is 26.0 Å². The number of hydrogen-bond acceptors (Lipinski definition) is 8. The van der Waals surface area contributed by atoms with E-state index in [4.69, 9.17) is 4.74 Å². The molecule has 0 aliphatic carbocycles. The number of anilines is 1. The summed E-state index contributed by atoms with van der Waals surface area (Å²) in [5.41, 5.74) is -1.03. The van der Waals surface area contributed by atoms with E-state index in [1.807, 2.05) is 4.72 Å². The lowest BCUT2D eigenvalue weighted by atomic mass is 9.98. The van der Waals surface area contributed by atoms with Gasteiger partial charge in [0.25, 0.3) is 6.43 Å². The highest BCUT2D eigenvalue weighted by atomic mass is 32.2. The molecule has 3 rings (SSSR count). The lowest BCUT2D eigenvalue weighted by molar-refractivity contribution is -0.123. The summed E-state index contributed by atoms with van der Waals surface area (Å²) < 4.78 is 72.3. The average molecular weight is 510 g/mol. The highest BCUT2D eigenvalue weighted by molar-refractivity contribution is 7.89. The first kappa shape index (κ1) is 26.0. The molecule has 186 valence electrons. The van der Waals surface area contributed by atoms with Crippen LogP contribution in [0, 0.1) is 30.0 Å². The number of sulfonamides is 1. The van der Waals surface area contributed by atoms with E-state index in [-0.39, 0.29) is 36.6 Å². The van der Waals surface area contributed by atoms with Gasteiger partial charge in [0.05, 0.1) is 29.4 Å². The normalized spacial score (nSPS) is 13.8. The van der Waals surface area contributed by atoms with Crippen molar-refractivity contribution >= 4 is 27.7 Å². The maximum absolute atomic E-state index is 13.9. The first-order chi connectivity index (χ1) is 16.5. The average Bonchev–Trinajstić information content (AvgIpc) is 2.74. The summed E-state index contributed by atoms with van der Waals surface area (Å²) in [6.45, 7) is 2.88. The van der Waals surface area contributed by atoms with Crippen molar-refractivity contribution in [1.29, 1.82) is 5.26 Å². The number of esters is 1. The maximum Gasteiger partial charge on any atom is 0.340 e. The molecule has 35 heavy (non-hydrogen) atoms. The van der Waals surface area contributed by atoms with Gasteiger partial charge in [-0.05, 0) is 26.0 Å². The van der Waals surface area contributed by atoms with E-state index >= 15 is 0 Å². The van der Waals surface area contributed by atoms with E-state index in [9.17, 15) is 36.4 Å². The number of halogens is 3. The predicted octanol–water partition coefficient (Wildman–Crippen LogP) is 2.60. The maximum atomic E-state index is 13.9. The summed E-state index contributed by atoms with van der Waals surface area (Å²) in [5.74, 6) is -4.38. The van der Waals surface area contributed by atoms with Gasteiger partial charge in [-0.15, -0.1) is 0 Å². The number of carbonyl (C=O) groups is 2. The largest absolute Gasteiger partial charge is 0.462 e. The topological polar surface area (TPSA) is 129 Å². The third-order valence-electron chi connectivity index (χ3n) is 5.21. The van der Waals surface area contributed by atoms with Gasteiger partial charge < -0.3 is 9.64 Å². The SMILES string of the molecule is CCOC(=O)c1cc(C#N)c(N2CC(C(=O)NS(=O)(=O)Cc3cc(C)ccc3F)C2)nc1C(F)F. The Balaban J connectivity index is 1.72. The molecule has 1 fully saturated rings. The fraction of sp³-hybridized carbons (Fsp3) is 0.364. The summed E-state index contributed by atoms with van der Waals surface area (Å²) in [6, 6.07) is 6.71. The number of amides is 1. The minimum absolute atomic E-state index is 0.0620. The lowest BCUT2D eigenvalue weighted by Crippen LogP contribution is -2.55. The summed E-state index contributed by atoms with van der Waals surface area (Å²) in [6.07, 6.45) is -3.13. The molecule has 1 aliphatic rings. The quantitative estimate of drug-likeness (QED) is 0.537. The second kappa shape index (κ2) is 10.3. The van der Waals surface area contributed by atoms with Gasteiger partial charge in [-0.25, -0.2) is 31.4 Å². The molecular weight excluding hydrogens is 489 g/mol. The molecule has 0 spiro atoms. The van der Waals surface area contributed by atoms with Crippen LogP contribution in [0.25, 0.3) is 0 Å². The van der Waals surface area contributed by atoms with Gasteiger partial charge in [-0.3, -0.25) is 9.52 Å². The fourth-order valence-electron chi connectivity index (χ4n) is 3.49. The molecule has 1 amide bonds. The second-order valence-electron chi connectivity index (χ2n) is 7.85. The van der Waals surface area contributed by atoms with Gasteiger partial charge in [0.15, 0.2) is 0 Å². The van der Waals surface area contributed by atoms with Gasteiger partial charge in [0.1, 0.15) is 23.4 Å². The van der Waals surface area contributed by atoms with Gasteiger partial charge >= 0.3 is 5.97 Å². The zero-order chi connectivity index (χ0) is 25.9. The number of nitrogens with one attached hydrogen (secondary N) is 1. The lowest BCUT2D eigenvalue weighted by Gasteiger charge is -2.39. The van der Waals surface area contributed by atoms with Gasteiger partial charge in [-0.2, -0.15) is 5.26 Å². The van der Waals surface area contributed by atoms with Crippen molar-refractivity contribution in [2.24, 2.45) is 5.92 Å². The molecular formula is C22H21F3N4O5S. The number of nitrogens with zero attached hydrogens (tertiary/aromatic N) is 3. The predicted molar refractivity (Wildman–Crippen MR) is 117 cm³/mol. The third-order valence-corrected chi connectivity index (χ3v) is 6.41. The molecule has 2 heterocycles. The molecule has 0 radical (unpaired) electrons. The second-order valence-corrected chi connectivity index (χ2v) is 9.57. The van der Waals surface area contributed by atoms with E-state index < -0.39 is 57.1 Å². The highest BCUT2D eigenvalue weighted by Crippen LogP contribution is 2.31. The van der Waals surface area contributed by atoms with E-state index in [0.717, 1.165) is 12.1 Å². The summed E-state index contributed by atoms with van der Waals surface area (Å²) >= 11 is 0. The van der Waals surface area contributed by atoms with Gasteiger partial charge in [0, 0.05) is 18.7 Å². The first-order valence-corrected chi connectivity index (χ1v) is 12.1. The molecule has 1 saturated heterocycles. The Morgan fingerprint density at radius 3 is 2.60 bits per heavy atom. The molecule has 13 heteroatoms. The number of carbonyl (C=O) groups excluding carboxylic acids is 2. The monoisotopic (exact) mass is 510 g/mol. The zero-order valence-corrected chi connectivity index (χ0v) is 19.5. The number of pyridine rings is 1. The zero-order valence-electron chi connectivity index (χ0n) is 18.7. The highest BCUT2D eigenvalue weighted by Gasteiger charge is 2.37. The summed E-state index contributed by atoms with van der Waals surface area (Å²) in [4.78, 5) is 29.5. The molecule has 1 aromatic carbocycles. The molecule has 2 aromatic rings. The Morgan fingerprint density at radius 2 is 2.00 bits per heavy atom. The molecule has 0 atom stereocenters. The van der Waals surface area contributed by atoms with E-state index in [1.54, 1.807) is 13.0 Å². The first-order valence-electron chi connectivity index (χ1n) is 10.4. The number of alkyl halides is 2. The van der Waals surface area contributed by atoms with Crippen LogP contribution in [0.15, 0.2) is 24.3 Å². The van der Waals surface area contributed by atoms with Gasteiger partial charge in [-0.1, -0.05) is 17.7 Å². The van der Waals surface area contributed by atoms with Crippen LogP contribution >= 0.6 is 0 Å². The van der Waals surface area contributed by atoms with Crippen molar-refractivity contribution < 1.29 is 35.9 Å². The van der Waals surface area contributed by atoms with Crippen LogP contribution in [-0.2, 0) is 25.3 Å². The molecule has 0 saturated carbocycles. The molecule has 9 nitrogen and oxygen atoms in total. The van der Waals surface area contributed by atoms with Gasteiger partial charge in [0.2, 0.25) is 15.9 Å². The van der Waals surface area contributed by atoms with Crippen molar-refractivity contribution in [3.8, 4) is 6.07 Å². The number of rotatable bonds is 8. The van der Waals surface area contributed by atoms with Crippen LogP contribution in [0.4, 0.5) is 19.0 Å². The van der Waals surface area contributed by atoms with E-state index in [0.29, 0.717) is 5.56 Å². The Labute approximate surface area is 199 Å². The van der Waals surface area contributed by atoms with E-state index in [1.165, 1.54) is 24.0 Å². The molecule has 1 aliphatic heterocycles. The van der Waals surface area contributed by atoms with Crippen molar-refractivity contribution in [2.75, 3.05) is 24.6 Å². The number of aromatic nitrogens is 1. The molecule has 0 unspecified atom stereocenters. The van der Waals surface area contributed by atoms with Crippen LogP contribution in [0.2, 0.25) is 0 Å². The smallest absolute Gasteiger partial charge is 0.340 e. The number of benzene rings is 1. The van der Waals surface area contributed by atoms with E-state index in [2.05, 4.69) is 4.98 Å². The Bertz CT molecular complexity index is 1300. The van der Waals surface area contributed by atoms with Crippen molar-refractivity contribution in [3.05, 3.63) is 58.0 Å². The number of aryl methyl sites for hydroxylation is 1. The van der Waals surface area contributed by atoms with Crippen molar-refractivity contribution in [3.63, 3.8) is 0 Å². The standard InChI is InChI=1S/C22H21F3N4O5S/c1-3-34-22(31)16-7-13(8-26)20(27-18(16)19(24)25)29-9-15(10-29)21(30)28-35(32,33)11-14-6-12(2)4-5-17(14)23/h4-7,15,19H,3,9-11H2,1-2H3,(H,28,30). The number of nitriles is 1. The Kier molecular flexibility index (Phi) is 7.64. The van der Waals surface area contributed by atoms with Crippen LogP contribution in [0.3, 0.4) is 0 Å². The Hall–Kier alpha value is -3.66. The third kappa shape index (κ3) is 5.89. The molecule has 1 aromatic heterocycles. The number of hydrogen-bond donors (Lipinski definition) is 1. The number of ether oxygens (including phenoxy) is 1. The van der Waals surface area contributed by atoms with Crippen molar-refractivity contribution in [1.82, 2.24) is 9.71 Å². The summed E-state index contributed by atoms with van der Waals surface area (Å²) in [7, 11) is -4.20. The van der Waals surface area contributed by atoms with Crippen LogP contribution in [0.5, 0.6) is 0 Å².